The van der Waals surface area contributed by atoms with Crippen molar-refractivity contribution in [2.75, 3.05) is 12.3 Å². The zero-order valence-corrected chi connectivity index (χ0v) is 16.4. The predicted octanol–water partition coefficient (Wildman–Crippen LogP) is -0.959. The predicted molar refractivity (Wildman–Crippen MR) is 97.7 cm³/mol. The molecule has 0 saturated carbocycles. The van der Waals surface area contributed by atoms with Gasteiger partial charge in [-0.2, -0.15) is 0 Å². The Morgan fingerprint density at radius 3 is 2.59 bits per heavy atom. The summed E-state index contributed by atoms with van der Waals surface area (Å²) in [4.78, 5) is 60.2. The van der Waals surface area contributed by atoms with Gasteiger partial charge in [0, 0.05) is 5.38 Å². The number of hydrogen-bond donors (Lipinski definition) is 4. The molecule has 1 saturated heterocycles. The Balaban J connectivity index is 2.15. The Kier molecular flexibility index (Phi) is 6.38. The summed E-state index contributed by atoms with van der Waals surface area (Å²) in [5, 5.41) is 25.9. The number of aliphatic carboxylic acids is 2. The second kappa shape index (κ2) is 8.40. The molecule has 0 radical (unpaired) electrons. The zero-order chi connectivity index (χ0) is 21.9. The van der Waals surface area contributed by atoms with Crippen molar-refractivity contribution in [3.8, 4) is 0 Å². The Morgan fingerprint density at radius 2 is 2.10 bits per heavy atom. The number of rotatable bonds is 9. The minimum Gasteiger partial charge on any atom is -0.479 e. The van der Waals surface area contributed by atoms with Crippen molar-refractivity contribution in [2.24, 2.45) is 5.16 Å². The third kappa shape index (κ3) is 4.78. The molecule has 2 amide bonds. The Bertz CT molecular complexity index is 867. The highest BCUT2D eigenvalue weighted by Crippen LogP contribution is 2.32. The number of β-lactam (4-membered cyclic amide) rings is 1. The average molecular weight is 429 g/mol. The number of carbonyl (C=O) groups is 4. The number of anilines is 1. The van der Waals surface area contributed by atoms with Crippen molar-refractivity contribution in [1.82, 2.24) is 15.4 Å². The van der Waals surface area contributed by atoms with Crippen molar-refractivity contribution in [3.05, 3.63) is 11.1 Å². The lowest BCUT2D eigenvalue weighted by molar-refractivity contribution is -0.273. The third-order valence-electron chi connectivity index (χ3n) is 3.89. The van der Waals surface area contributed by atoms with Gasteiger partial charge in [-0.3, -0.25) is 14.4 Å². The second-order valence-electron chi connectivity index (χ2n) is 6.46. The zero-order valence-electron chi connectivity index (χ0n) is 15.6. The maximum Gasteiger partial charge on any atom is 0.344 e. The molecule has 2 rings (SSSR count). The molecule has 2 atom stereocenters. The van der Waals surface area contributed by atoms with Crippen LogP contribution in [-0.2, 0) is 28.9 Å². The molecule has 1 aliphatic rings. The summed E-state index contributed by atoms with van der Waals surface area (Å²) < 4.78 is 0. The standard InChI is InChI=1S/C15H19N5O8S/c1-6(13(25)26)28-20-12(24)10(15(20,2)3)18-11(23)9(19-27-4-8(21)22)7-5-29-14(16)17-7/h5-6,10H,4H2,1-3H3,(H2,16,17)(H,18,23)(H,21,22)(H,25,26). The van der Waals surface area contributed by atoms with Crippen molar-refractivity contribution < 1.29 is 39.1 Å². The Hall–Kier alpha value is -3.26. The molecule has 1 aliphatic heterocycles. The van der Waals surface area contributed by atoms with Gasteiger partial charge in [0.05, 0.1) is 5.54 Å². The maximum absolute atomic E-state index is 12.7. The highest BCUT2D eigenvalue weighted by molar-refractivity contribution is 7.13. The maximum atomic E-state index is 12.7. The molecule has 0 bridgehead atoms. The van der Waals surface area contributed by atoms with Crippen molar-refractivity contribution >= 4 is 45.9 Å². The van der Waals surface area contributed by atoms with E-state index in [0.29, 0.717) is 0 Å². The molecule has 14 heteroatoms. The van der Waals surface area contributed by atoms with Crippen LogP contribution in [0.1, 0.15) is 26.5 Å². The molecule has 1 aromatic heterocycles. The van der Waals surface area contributed by atoms with E-state index in [1.165, 1.54) is 12.3 Å². The summed E-state index contributed by atoms with van der Waals surface area (Å²) in [7, 11) is 0. The normalized spacial score (nSPS) is 19.3. The SMILES string of the molecule is CC(ON1C(=O)C(NC(=O)C(=NOCC(=O)O)c2csc(N)n2)C1(C)C)C(=O)O. The number of amides is 2. The molecule has 1 fully saturated rings. The van der Waals surface area contributed by atoms with Crippen molar-refractivity contribution in [2.45, 2.75) is 38.5 Å². The molecule has 0 aromatic carbocycles. The summed E-state index contributed by atoms with van der Waals surface area (Å²) in [5.74, 6) is -4.09. The highest BCUT2D eigenvalue weighted by Gasteiger charge is 2.57. The Labute approximate surface area is 168 Å². The number of hydrogen-bond acceptors (Lipinski definition) is 10. The minimum atomic E-state index is -1.30. The summed E-state index contributed by atoms with van der Waals surface area (Å²) in [6, 6.07) is -1.06. The van der Waals surface area contributed by atoms with Crippen LogP contribution in [0.25, 0.3) is 0 Å². The fourth-order valence-electron chi connectivity index (χ4n) is 2.34. The smallest absolute Gasteiger partial charge is 0.344 e. The first-order chi connectivity index (χ1) is 13.4. The largest absolute Gasteiger partial charge is 0.479 e. The van der Waals surface area contributed by atoms with E-state index in [0.717, 1.165) is 16.4 Å². The topological polar surface area (TPSA) is 194 Å². The lowest BCUT2D eigenvalue weighted by atomic mass is 9.84. The van der Waals surface area contributed by atoms with E-state index in [1.54, 1.807) is 13.8 Å². The van der Waals surface area contributed by atoms with E-state index in [4.69, 9.17) is 20.8 Å². The van der Waals surface area contributed by atoms with E-state index in [-0.39, 0.29) is 16.5 Å². The van der Waals surface area contributed by atoms with Gasteiger partial charge in [-0.25, -0.2) is 19.6 Å². The summed E-state index contributed by atoms with van der Waals surface area (Å²) in [6.45, 7) is 3.59. The molecule has 5 N–H and O–H groups in total. The fraction of sp³-hybridized carbons (Fsp3) is 0.467. The molecule has 13 nitrogen and oxygen atoms in total. The van der Waals surface area contributed by atoms with E-state index in [9.17, 15) is 19.2 Å². The molecule has 158 valence electrons. The summed E-state index contributed by atoms with van der Waals surface area (Å²) in [6.07, 6.45) is -1.27. The number of oxime groups is 1. The van der Waals surface area contributed by atoms with Gasteiger partial charge in [0.15, 0.2) is 16.9 Å². The third-order valence-corrected chi connectivity index (χ3v) is 4.56. The number of carboxylic acid groups (broad SMARTS) is 2. The number of nitrogens with one attached hydrogen (secondary N) is 1. The van der Waals surface area contributed by atoms with Gasteiger partial charge in [0.2, 0.25) is 6.61 Å². The molecule has 0 spiro atoms. The molecule has 0 aliphatic carbocycles. The quantitative estimate of drug-likeness (QED) is 0.216. The first kappa shape index (κ1) is 22.0. The van der Waals surface area contributed by atoms with E-state index >= 15 is 0 Å². The van der Waals surface area contributed by atoms with Crippen LogP contribution in [-0.4, -0.2) is 74.0 Å². The van der Waals surface area contributed by atoms with Gasteiger partial charge < -0.3 is 26.1 Å². The van der Waals surface area contributed by atoms with Crippen molar-refractivity contribution in [3.63, 3.8) is 0 Å². The van der Waals surface area contributed by atoms with Gasteiger partial charge in [-0.05, 0) is 20.8 Å². The number of nitrogens with zero attached hydrogens (tertiary/aromatic N) is 3. The number of nitrogen functional groups attached to an aromatic ring is 1. The number of nitrogens with two attached hydrogens (primary N) is 1. The molecule has 2 heterocycles. The van der Waals surface area contributed by atoms with Crippen LogP contribution in [0.15, 0.2) is 10.5 Å². The molecular formula is C15H19N5O8S. The number of aromatic nitrogens is 1. The molecule has 2 unspecified atom stereocenters. The molecule has 29 heavy (non-hydrogen) atoms. The monoisotopic (exact) mass is 429 g/mol. The Morgan fingerprint density at radius 1 is 1.45 bits per heavy atom. The van der Waals surface area contributed by atoms with Crippen LogP contribution >= 0.6 is 11.3 Å². The van der Waals surface area contributed by atoms with Crippen LogP contribution in [0.4, 0.5) is 5.13 Å². The van der Waals surface area contributed by atoms with Gasteiger partial charge in [-0.15, -0.1) is 11.3 Å². The lowest BCUT2D eigenvalue weighted by Crippen LogP contribution is -2.77. The van der Waals surface area contributed by atoms with Gasteiger partial charge in [-0.1, -0.05) is 5.16 Å². The van der Waals surface area contributed by atoms with Crippen molar-refractivity contribution in [1.29, 1.82) is 0 Å². The second-order valence-corrected chi connectivity index (χ2v) is 7.35. The van der Waals surface area contributed by atoms with Crippen LogP contribution in [0.3, 0.4) is 0 Å². The van der Waals surface area contributed by atoms with Crippen LogP contribution < -0.4 is 11.1 Å². The molecule has 1 aromatic rings. The number of carboxylic acids is 2. The number of hydroxylamine groups is 2. The van der Waals surface area contributed by atoms with Gasteiger partial charge >= 0.3 is 11.9 Å². The first-order valence-electron chi connectivity index (χ1n) is 8.12. The first-order valence-corrected chi connectivity index (χ1v) is 9.00. The number of carbonyl (C=O) groups excluding carboxylic acids is 2. The number of thiazole rings is 1. The minimum absolute atomic E-state index is 0.0348. The van der Waals surface area contributed by atoms with Crippen LogP contribution in [0.5, 0.6) is 0 Å². The highest BCUT2D eigenvalue weighted by atomic mass is 32.1. The average Bonchev–Trinajstić information content (AvgIpc) is 3.05. The molecular weight excluding hydrogens is 410 g/mol. The summed E-state index contributed by atoms with van der Waals surface area (Å²) >= 11 is 1.02. The van der Waals surface area contributed by atoms with Gasteiger partial charge in [0.1, 0.15) is 11.7 Å². The van der Waals surface area contributed by atoms with Crippen LogP contribution in [0, 0.1) is 0 Å². The van der Waals surface area contributed by atoms with E-state index in [1.807, 2.05) is 0 Å². The van der Waals surface area contributed by atoms with E-state index in [2.05, 4.69) is 20.3 Å². The van der Waals surface area contributed by atoms with Gasteiger partial charge in [0.25, 0.3) is 11.8 Å². The van der Waals surface area contributed by atoms with Crippen LogP contribution in [0.2, 0.25) is 0 Å². The summed E-state index contributed by atoms with van der Waals surface area (Å²) in [5.41, 5.74) is 4.14. The lowest BCUT2D eigenvalue weighted by Gasteiger charge is -2.52. The fourth-order valence-corrected chi connectivity index (χ4v) is 2.88. The van der Waals surface area contributed by atoms with E-state index < -0.39 is 48.0 Å².